The Morgan fingerprint density at radius 3 is 2.54 bits per heavy atom. The Kier molecular flexibility index (Phi) is 5.74. The normalized spacial score (nSPS) is 14.5. The van der Waals surface area contributed by atoms with Crippen LogP contribution in [-0.2, 0) is 4.74 Å². The van der Waals surface area contributed by atoms with Gasteiger partial charge in [-0.1, -0.05) is 28.1 Å². The lowest BCUT2D eigenvalue weighted by Gasteiger charge is -2.28. The van der Waals surface area contributed by atoms with Crippen molar-refractivity contribution < 1.29 is 13.9 Å². The Morgan fingerprint density at radius 1 is 1.00 bits per heavy atom. The van der Waals surface area contributed by atoms with Crippen LogP contribution in [0.25, 0.3) is 17.4 Å². The molecule has 0 unspecified atom stereocenters. The lowest BCUT2D eigenvalue weighted by molar-refractivity contribution is 0.104. The van der Waals surface area contributed by atoms with Gasteiger partial charge in [0.15, 0.2) is 5.78 Å². The van der Waals surface area contributed by atoms with Gasteiger partial charge in [-0.2, -0.15) is 0 Å². The highest BCUT2D eigenvalue weighted by Gasteiger charge is 2.11. The fraction of sp³-hybridized carbons (Fsp3) is 0.174. The number of morpholine rings is 1. The van der Waals surface area contributed by atoms with Crippen molar-refractivity contribution in [1.82, 2.24) is 0 Å². The van der Waals surface area contributed by atoms with E-state index in [0.29, 0.717) is 11.3 Å². The van der Waals surface area contributed by atoms with Gasteiger partial charge in [-0.25, -0.2) is 0 Å². The van der Waals surface area contributed by atoms with E-state index in [-0.39, 0.29) is 5.78 Å². The number of anilines is 1. The quantitative estimate of drug-likeness (QED) is 0.393. The third-order valence-electron chi connectivity index (χ3n) is 4.66. The number of furan rings is 1. The number of ether oxygens (including phenoxy) is 1. The van der Waals surface area contributed by atoms with Gasteiger partial charge in [0.2, 0.25) is 0 Å². The number of hydrogen-bond donors (Lipinski definition) is 0. The number of ketones is 1. The van der Waals surface area contributed by atoms with Crippen LogP contribution in [0.1, 0.15) is 16.1 Å². The zero-order chi connectivity index (χ0) is 19.3. The lowest BCUT2D eigenvalue weighted by atomic mass is 10.1. The third-order valence-corrected chi connectivity index (χ3v) is 5.16. The highest BCUT2D eigenvalue weighted by Crippen LogP contribution is 2.25. The van der Waals surface area contributed by atoms with Crippen molar-refractivity contribution in [2.24, 2.45) is 0 Å². The van der Waals surface area contributed by atoms with E-state index in [4.69, 9.17) is 9.15 Å². The molecular formula is C23H20BrNO3. The molecular weight excluding hydrogens is 418 g/mol. The van der Waals surface area contributed by atoms with Crippen molar-refractivity contribution in [2.45, 2.75) is 0 Å². The lowest BCUT2D eigenvalue weighted by Crippen LogP contribution is -2.36. The summed E-state index contributed by atoms with van der Waals surface area (Å²) in [5.74, 6) is 1.37. The van der Waals surface area contributed by atoms with E-state index in [1.165, 1.54) is 0 Å². The topological polar surface area (TPSA) is 42.7 Å². The fourth-order valence-electron chi connectivity index (χ4n) is 3.15. The molecule has 3 aromatic rings. The van der Waals surface area contributed by atoms with Crippen LogP contribution in [0.15, 0.2) is 75.6 Å². The molecule has 0 amide bonds. The molecule has 0 spiro atoms. The average molecular weight is 438 g/mol. The van der Waals surface area contributed by atoms with Gasteiger partial charge < -0.3 is 14.1 Å². The summed E-state index contributed by atoms with van der Waals surface area (Å²) in [5, 5.41) is 0. The molecule has 28 heavy (non-hydrogen) atoms. The smallest absolute Gasteiger partial charge is 0.185 e. The second kappa shape index (κ2) is 8.59. The Bertz CT molecular complexity index is 985. The zero-order valence-electron chi connectivity index (χ0n) is 15.3. The van der Waals surface area contributed by atoms with Crippen LogP contribution in [0.5, 0.6) is 0 Å². The summed E-state index contributed by atoms with van der Waals surface area (Å²) in [4.78, 5) is 14.7. The summed E-state index contributed by atoms with van der Waals surface area (Å²) < 4.78 is 12.2. The van der Waals surface area contributed by atoms with E-state index in [1.807, 2.05) is 60.7 Å². The molecule has 0 radical (unpaired) electrons. The number of carbonyl (C=O) groups is 1. The minimum absolute atomic E-state index is 0.0473. The predicted molar refractivity (Wildman–Crippen MR) is 115 cm³/mol. The van der Waals surface area contributed by atoms with Crippen LogP contribution < -0.4 is 4.90 Å². The summed E-state index contributed by atoms with van der Waals surface area (Å²) in [6, 6.07) is 19.4. The molecule has 1 saturated heterocycles. The first-order valence-electron chi connectivity index (χ1n) is 9.20. The summed E-state index contributed by atoms with van der Waals surface area (Å²) in [6.07, 6.45) is 3.26. The standard InChI is InChI=1S/C23H20BrNO3/c24-19-3-1-2-18(16-19)23-11-9-21(28-23)8-10-22(26)17-4-6-20(7-5-17)25-12-14-27-15-13-25/h1-11,16H,12-15H2/b10-8+. The Hall–Kier alpha value is -2.63. The van der Waals surface area contributed by atoms with E-state index in [9.17, 15) is 4.79 Å². The summed E-state index contributed by atoms with van der Waals surface area (Å²) in [7, 11) is 0. The molecule has 2 aromatic carbocycles. The molecule has 0 atom stereocenters. The van der Waals surface area contributed by atoms with Gasteiger partial charge in [0.05, 0.1) is 13.2 Å². The van der Waals surface area contributed by atoms with Gasteiger partial charge in [-0.15, -0.1) is 0 Å². The number of hydrogen-bond acceptors (Lipinski definition) is 4. The maximum atomic E-state index is 12.5. The number of halogens is 1. The maximum absolute atomic E-state index is 12.5. The number of carbonyl (C=O) groups excluding carboxylic acids is 1. The molecule has 0 N–H and O–H groups in total. The molecule has 2 heterocycles. The predicted octanol–water partition coefficient (Wildman–Crippen LogP) is 5.44. The maximum Gasteiger partial charge on any atom is 0.185 e. The second-order valence-corrected chi connectivity index (χ2v) is 7.47. The van der Waals surface area contributed by atoms with E-state index in [2.05, 4.69) is 20.8 Å². The summed E-state index contributed by atoms with van der Waals surface area (Å²) in [6.45, 7) is 3.25. The first-order valence-corrected chi connectivity index (χ1v) is 9.99. The van der Waals surface area contributed by atoms with Crippen LogP contribution in [0.2, 0.25) is 0 Å². The van der Waals surface area contributed by atoms with Crippen molar-refractivity contribution in [2.75, 3.05) is 31.2 Å². The minimum atomic E-state index is -0.0473. The first kappa shape index (κ1) is 18.7. The van der Waals surface area contributed by atoms with Gasteiger partial charge in [0.25, 0.3) is 0 Å². The third kappa shape index (κ3) is 4.43. The number of rotatable bonds is 5. The van der Waals surface area contributed by atoms with Crippen molar-refractivity contribution >= 4 is 33.5 Å². The van der Waals surface area contributed by atoms with E-state index < -0.39 is 0 Å². The largest absolute Gasteiger partial charge is 0.457 e. The minimum Gasteiger partial charge on any atom is -0.457 e. The first-order chi connectivity index (χ1) is 13.7. The fourth-order valence-corrected chi connectivity index (χ4v) is 3.55. The molecule has 142 valence electrons. The van der Waals surface area contributed by atoms with Crippen LogP contribution in [0, 0.1) is 0 Å². The molecule has 0 bridgehead atoms. The molecule has 0 aliphatic carbocycles. The molecule has 4 rings (SSSR count). The molecule has 4 nitrogen and oxygen atoms in total. The molecule has 1 aliphatic heterocycles. The molecule has 0 saturated carbocycles. The van der Waals surface area contributed by atoms with Crippen molar-refractivity contribution in [3.8, 4) is 11.3 Å². The van der Waals surface area contributed by atoms with Gasteiger partial charge in [0, 0.05) is 34.4 Å². The number of nitrogens with zero attached hydrogens (tertiary/aromatic N) is 1. The second-order valence-electron chi connectivity index (χ2n) is 6.56. The zero-order valence-corrected chi connectivity index (χ0v) is 16.9. The summed E-state index contributed by atoms with van der Waals surface area (Å²) in [5.41, 5.74) is 2.76. The van der Waals surface area contributed by atoms with Crippen LogP contribution in [0.3, 0.4) is 0 Å². The van der Waals surface area contributed by atoms with Gasteiger partial charge in [-0.05, 0) is 60.7 Å². The average Bonchev–Trinajstić information content (AvgIpc) is 3.22. The van der Waals surface area contributed by atoms with Crippen LogP contribution in [-0.4, -0.2) is 32.1 Å². The van der Waals surface area contributed by atoms with Gasteiger partial charge in [-0.3, -0.25) is 4.79 Å². The molecule has 1 aliphatic rings. The Balaban J connectivity index is 1.42. The SMILES string of the molecule is O=C(/C=C/c1ccc(-c2cccc(Br)c2)o1)c1ccc(N2CCOCC2)cc1. The molecule has 5 heteroatoms. The van der Waals surface area contributed by atoms with E-state index >= 15 is 0 Å². The number of benzene rings is 2. The monoisotopic (exact) mass is 437 g/mol. The van der Waals surface area contributed by atoms with Crippen LogP contribution in [0.4, 0.5) is 5.69 Å². The van der Waals surface area contributed by atoms with Crippen molar-refractivity contribution in [1.29, 1.82) is 0 Å². The highest BCUT2D eigenvalue weighted by atomic mass is 79.9. The Morgan fingerprint density at radius 2 is 1.79 bits per heavy atom. The Labute approximate surface area is 172 Å². The number of allylic oxidation sites excluding steroid dienone is 1. The van der Waals surface area contributed by atoms with E-state index in [0.717, 1.165) is 47.8 Å². The van der Waals surface area contributed by atoms with Crippen molar-refractivity contribution in [3.05, 3.63) is 82.5 Å². The van der Waals surface area contributed by atoms with Crippen molar-refractivity contribution in [3.63, 3.8) is 0 Å². The summed E-state index contributed by atoms with van der Waals surface area (Å²) >= 11 is 3.46. The molecule has 1 fully saturated rings. The molecule has 1 aromatic heterocycles. The van der Waals surface area contributed by atoms with Gasteiger partial charge in [0.1, 0.15) is 11.5 Å². The van der Waals surface area contributed by atoms with Gasteiger partial charge >= 0.3 is 0 Å². The van der Waals surface area contributed by atoms with E-state index in [1.54, 1.807) is 12.2 Å². The van der Waals surface area contributed by atoms with Crippen LogP contribution >= 0.6 is 15.9 Å². The highest BCUT2D eigenvalue weighted by molar-refractivity contribution is 9.10.